The molecule has 0 atom stereocenters. The third-order valence-electron chi connectivity index (χ3n) is 3.05. The Bertz CT molecular complexity index is 397. The molecule has 4 aliphatic heterocycles. The lowest BCUT2D eigenvalue weighted by atomic mass is 10.2. The maximum absolute atomic E-state index is 5.29. The van der Waals surface area contributed by atoms with Gasteiger partial charge >= 0.3 is 0 Å². The van der Waals surface area contributed by atoms with E-state index >= 15 is 0 Å². The molecule has 0 N–H and O–H groups in total. The van der Waals surface area contributed by atoms with Crippen molar-refractivity contribution >= 4 is 24.6 Å². The molecular weight excluding hydrogens is 300 g/mol. The maximum Gasteiger partial charge on any atom is 0.183 e. The van der Waals surface area contributed by atoms with Gasteiger partial charge in [0.2, 0.25) is 0 Å². The van der Waals surface area contributed by atoms with E-state index in [1.807, 2.05) is 0 Å². The predicted molar refractivity (Wildman–Crippen MR) is 89.0 cm³/mol. The van der Waals surface area contributed by atoms with Crippen LogP contribution in [0.4, 0.5) is 0 Å². The van der Waals surface area contributed by atoms with Crippen molar-refractivity contribution in [3.8, 4) is 0 Å². The largest absolute Gasteiger partial charge is 0.482 e. The van der Waals surface area contributed by atoms with Crippen LogP contribution in [0.15, 0.2) is 20.0 Å². The summed E-state index contributed by atoms with van der Waals surface area (Å²) in [5.74, 6) is 1.80. The molecule has 0 bridgehead atoms. The highest BCUT2D eigenvalue weighted by Crippen LogP contribution is 2.07. The lowest BCUT2D eigenvalue weighted by Gasteiger charge is -2.01. The van der Waals surface area contributed by atoms with Crippen molar-refractivity contribution in [2.24, 2.45) is 20.0 Å². The molecule has 8 heteroatoms. The van der Waals surface area contributed by atoms with Gasteiger partial charge < -0.3 is 18.9 Å². The Kier molecular flexibility index (Phi) is 8.58. The first kappa shape index (κ1) is 17.2. The molecule has 0 unspecified atom stereocenters. The van der Waals surface area contributed by atoms with E-state index in [0.717, 1.165) is 83.7 Å². The summed E-state index contributed by atoms with van der Waals surface area (Å²) in [6.45, 7) is 6.42. The Balaban J connectivity index is 0.000000156. The maximum atomic E-state index is 5.29. The highest BCUT2D eigenvalue weighted by molar-refractivity contribution is 5.80. The fraction of sp³-hybridized carbons (Fsp3) is 0.733. The third-order valence-corrected chi connectivity index (χ3v) is 3.05. The first-order valence-electron chi connectivity index (χ1n) is 7.97. The summed E-state index contributed by atoms with van der Waals surface area (Å²) in [6, 6.07) is 0. The Hall–Kier alpha value is -2.12. The first-order valence-corrected chi connectivity index (χ1v) is 7.97. The molecular formula is C15H24N4O4. The van der Waals surface area contributed by atoms with E-state index in [1.54, 1.807) is 0 Å². The van der Waals surface area contributed by atoms with Crippen LogP contribution in [0.5, 0.6) is 0 Å². The molecule has 0 aromatic heterocycles. The molecule has 0 radical (unpaired) electrons. The van der Waals surface area contributed by atoms with Gasteiger partial charge in [-0.3, -0.25) is 20.0 Å². The van der Waals surface area contributed by atoms with Crippen LogP contribution in [-0.2, 0) is 18.9 Å². The van der Waals surface area contributed by atoms with Gasteiger partial charge in [-0.1, -0.05) is 0 Å². The average Bonchev–Trinajstić information content (AvgIpc) is 3.39. The monoisotopic (exact) mass is 324 g/mol. The smallest absolute Gasteiger partial charge is 0.183 e. The van der Waals surface area contributed by atoms with Gasteiger partial charge in [0.25, 0.3) is 0 Å². The molecule has 0 fully saturated rings. The summed E-state index contributed by atoms with van der Waals surface area (Å²) < 4.78 is 19.9. The molecule has 4 heterocycles. The number of hydrogen-bond acceptors (Lipinski definition) is 8. The highest BCUT2D eigenvalue weighted by atomic mass is 16.5. The lowest BCUT2D eigenvalue weighted by Crippen LogP contribution is -2.02. The van der Waals surface area contributed by atoms with Crippen molar-refractivity contribution in [1.82, 2.24) is 0 Å². The fourth-order valence-electron chi connectivity index (χ4n) is 1.98. The second kappa shape index (κ2) is 11.4. The molecule has 8 nitrogen and oxygen atoms in total. The Morgan fingerprint density at radius 1 is 0.696 bits per heavy atom. The van der Waals surface area contributed by atoms with E-state index in [0.29, 0.717) is 0 Å². The zero-order valence-corrected chi connectivity index (χ0v) is 13.4. The number of hydrogen-bond donors (Lipinski definition) is 0. The lowest BCUT2D eigenvalue weighted by molar-refractivity contribution is 0.330. The van der Waals surface area contributed by atoms with Gasteiger partial charge in [-0.15, -0.1) is 0 Å². The van der Waals surface area contributed by atoms with Crippen molar-refractivity contribution in [2.75, 3.05) is 52.6 Å². The van der Waals surface area contributed by atoms with E-state index in [2.05, 4.69) is 29.4 Å². The summed E-state index contributed by atoms with van der Waals surface area (Å²) in [5, 5.41) is 0. The van der Waals surface area contributed by atoms with Gasteiger partial charge in [0.05, 0.1) is 26.2 Å². The van der Waals surface area contributed by atoms with E-state index < -0.39 is 0 Å². The van der Waals surface area contributed by atoms with Crippen LogP contribution in [0.2, 0.25) is 0 Å². The van der Waals surface area contributed by atoms with Gasteiger partial charge in [-0.25, -0.2) is 0 Å². The third kappa shape index (κ3) is 8.18. The quantitative estimate of drug-likeness (QED) is 0.775. The van der Waals surface area contributed by atoms with Crippen LogP contribution in [0.1, 0.15) is 19.3 Å². The van der Waals surface area contributed by atoms with Crippen LogP contribution in [0.3, 0.4) is 0 Å². The standard InChI is InChI=1S/C9H14N2O2.2C3H5NO/c1(2-8-10-4-6-12-8)3-9-11-5-7-13-9;2*1-2-5-3-4-1/h1-7H2;2*3H,1-2H2. The fourth-order valence-corrected chi connectivity index (χ4v) is 1.98. The average molecular weight is 324 g/mol. The molecule has 23 heavy (non-hydrogen) atoms. The first-order chi connectivity index (χ1) is 11.4. The molecule has 4 aliphatic rings. The van der Waals surface area contributed by atoms with Crippen molar-refractivity contribution in [1.29, 1.82) is 0 Å². The number of ether oxygens (including phenoxy) is 4. The molecule has 0 aromatic carbocycles. The summed E-state index contributed by atoms with van der Waals surface area (Å²) in [5.41, 5.74) is 0. The molecule has 0 saturated heterocycles. The molecule has 0 spiro atoms. The molecule has 0 saturated carbocycles. The second-order valence-electron chi connectivity index (χ2n) is 4.87. The molecule has 4 rings (SSSR count). The van der Waals surface area contributed by atoms with Crippen LogP contribution in [0, 0.1) is 0 Å². The zero-order valence-electron chi connectivity index (χ0n) is 13.4. The summed E-state index contributed by atoms with van der Waals surface area (Å²) in [7, 11) is 0. The van der Waals surface area contributed by atoms with Gasteiger partial charge in [0.15, 0.2) is 24.6 Å². The highest BCUT2D eigenvalue weighted by Gasteiger charge is 2.10. The van der Waals surface area contributed by atoms with Crippen LogP contribution >= 0.6 is 0 Å². The minimum absolute atomic E-state index is 0.757. The van der Waals surface area contributed by atoms with E-state index in [-0.39, 0.29) is 0 Å². The summed E-state index contributed by atoms with van der Waals surface area (Å²) in [6.07, 6.45) is 5.84. The van der Waals surface area contributed by atoms with Crippen molar-refractivity contribution in [3.63, 3.8) is 0 Å². The Morgan fingerprint density at radius 2 is 1.22 bits per heavy atom. The van der Waals surface area contributed by atoms with Crippen molar-refractivity contribution < 1.29 is 18.9 Å². The molecule has 0 amide bonds. The zero-order chi connectivity index (χ0) is 16.0. The van der Waals surface area contributed by atoms with E-state index in [1.165, 1.54) is 12.8 Å². The van der Waals surface area contributed by atoms with Gasteiger partial charge in [0.1, 0.15) is 26.4 Å². The summed E-state index contributed by atoms with van der Waals surface area (Å²) in [4.78, 5) is 15.9. The number of rotatable bonds is 4. The Labute approximate surface area is 136 Å². The van der Waals surface area contributed by atoms with Crippen molar-refractivity contribution in [2.45, 2.75) is 19.3 Å². The summed E-state index contributed by atoms with van der Waals surface area (Å²) >= 11 is 0. The SMILES string of the molecule is C(CC1=NCCO1)CC1=NCCO1.C1=NCCO1.C1=NCCO1. The second-order valence-corrected chi connectivity index (χ2v) is 4.87. The van der Waals surface area contributed by atoms with Gasteiger partial charge in [0, 0.05) is 12.8 Å². The normalized spacial score (nSPS) is 20.0. The van der Waals surface area contributed by atoms with Crippen LogP contribution < -0.4 is 0 Å². The molecule has 0 aliphatic carbocycles. The minimum atomic E-state index is 0.757. The van der Waals surface area contributed by atoms with Gasteiger partial charge in [-0.05, 0) is 6.42 Å². The predicted octanol–water partition coefficient (Wildman–Crippen LogP) is 1.10. The van der Waals surface area contributed by atoms with Crippen molar-refractivity contribution in [3.05, 3.63) is 0 Å². The molecule has 0 aromatic rings. The number of aliphatic imine (C=N–C) groups is 4. The topological polar surface area (TPSA) is 86.4 Å². The van der Waals surface area contributed by atoms with E-state index in [4.69, 9.17) is 9.47 Å². The minimum Gasteiger partial charge on any atom is -0.482 e. The Morgan fingerprint density at radius 3 is 1.48 bits per heavy atom. The van der Waals surface area contributed by atoms with Crippen LogP contribution in [-0.4, -0.2) is 77.2 Å². The van der Waals surface area contributed by atoms with Crippen LogP contribution in [0.25, 0.3) is 0 Å². The van der Waals surface area contributed by atoms with Gasteiger partial charge in [-0.2, -0.15) is 0 Å². The molecule has 128 valence electrons. The number of nitrogens with zero attached hydrogens (tertiary/aromatic N) is 4. The van der Waals surface area contributed by atoms with E-state index in [9.17, 15) is 0 Å².